The molecule has 1 N–H and O–H groups in total. The average molecular weight is 858 g/mol. The number of halogens is 2. The molecule has 278 valence electrons. The van der Waals surface area contributed by atoms with Crippen LogP contribution in [0.3, 0.4) is 0 Å². The van der Waals surface area contributed by atoms with Crippen molar-refractivity contribution in [2.75, 3.05) is 25.5 Å². The highest BCUT2D eigenvalue weighted by Gasteiger charge is 2.42. The largest absolute Gasteiger partial charge is 0.497 e. The van der Waals surface area contributed by atoms with Crippen molar-refractivity contribution < 1.29 is 27.1 Å². The second-order valence-electron chi connectivity index (χ2n) is 13.7. The Morgan fingerprint density at radius 2 is 1.68 bits per heavy atom. The van der Waals surface area contributed by atoms with Crippen LogP contribution in [0.5, 0.6) is 5.75 Å². The van der Waals surface area contributed by atoms with Gasteiger partial charge in [-0.2, -0.15) is 0 Å². The summed E-state index contributed by atoms with van der Waals surface area (Å²) in [6.45, 7) is 6.24. The summed E-state index contributed by atoms with van der Waals surface area (Å²) in [5, 5.41) is 1.88. The van der Waals surface area contributed by atoms with Crippen molar-refractivity contribution in [3.05, 3.63) is 118 Å². The second kappa shape index (κ2) is 14.1. The zero-order valence-electron chi connectivity index (χ0n) is 29.8. The third-order valence-corrected chi connectivity index (χ3v) is 11.7. The van der Waals surface area contributed by atoms with Crippen molar-refractivity contribution in [3.63, 3.8) is 0 Å². The Morgan fingerprint density at radius 3 is 2.30 bits per heavy atom. The molecule has 1 aliphatic heterocycles. The van der Waals surface area contributed by atoms with Crippen LogP contribution in [-0.2, 0) is 28.2 Å². The Hall–Kier alpha value is -4.97. The number of carbonyl (C=O) groups excluding carboxylic acids is 1. The van der Waals surface area contributed by atoms with Gasteiger partial charge in [0, 0.05) is 29.3 Å². The van der Waals surface area contributed by atoms with Crippen LogP contribution in [-0.4, -0.2) is 64.2 Å². The number of hydrogen-bond donors (Lipinski definition) is 1. The fourth-order valence-electron chi connectivity index (χ4n) is 6.10. The number of methoxy groups -OCH3 is 1. The normalized spacial score (nSPS) is 13.5. The summed E-state index contributed by atoms with van der Waals surface area (Å²) in [4.78, 5) is 56.5. The maximum absolute atomic E-state index is 15.2. The molecule has 1 fully saturated rings. The van der Waals surface area contributed by atoms with Crippen molar-refractivity contribution in [3.8, 4) is 11.4 Å². The number of amides is 1. The van der Waals surface area contributed by atoms with Crippen molar-refractivity contribution in [1.29, 1.82) is 0 Å². The Kier molecular flexibility index (Phi) is 10.1. The van der Waals surface area contributed by atoms with Crippen LogP contribution in [0.2, 0.25) is 0 Å². The van der Waals surface area contributed by atoms with Gasteiger partial charge >= 0.3 is 11.8 Å². The number of sulfone groups is 1. The minimum atomic E-state index is -4.03. The lowest BCUT2D eigenvalue weighted by Crippen LogP contribution is -2.57. The Labute approximate surface area is 317 Å². The van der Waals surface area contributed by atoms with Crippen LogP contribution in [0.4, 0.5) is 20.7 Å². The summed E-state index contributed by atoms with van der Waals surface area (Å²) >= 11 is 1.96. The molecule has 3 heterocycles. The third kappa shape index (κ3) is 7.21. The quantitative estimate of drug-likeness (QED) is 0.211. The maximum atomic E-state index is 15.2. The van der Waals surface area contributed by atoms with E-state index < -0.39 is 49.4 Å². The van der Waals surface area contributed by atoms with E-state index in [0.29, 0.717) is 14.9 Å². The van der Waals surface area contributed by atoms with Crippen molar-refractivity contribution in [1.82, 2.24) is 18.6 Å². The van der Waals surface area contributed by atoms with Crippen molar-refractivity contribution in [2.45, 2.75) is 50.0 Å². The number of ether oxygens (including phenoxy) is 2. The minimum Gasteiger partial charge on any atom is -0.497 e. The monoisotopic (exact) mass is 857 g/mol. The first kappa shape index (κ1) is 37.8. The smallest absolute Gasteiger partial charge is 0.410 e. The standard InChI is InChI=1S/C37H37FIN5O8S/c1-21-31-30(32(41(5)33(21)45)40-29-15-12-23(39)16-28(29)38)34(46)43(18-22-10-13-25(51-6)14-11-22)35(47)44(31)24-8-7-9-26(17-24)53(49,50)27-19-42(20-27)36(48)52-37(2,3)4/h7-17,27,40H,18-20H2,1-6H3. The number of aromatic nitrogens is 3. The number of fused-ring (bicyclic) bond motifs is 1. The number of likely N-dealkylation sites (tertiary alicyclic amines) is 1. The van der Waals surface area contributed by atoms with Crippen LogP contribution in [0.1, 0.15) is 31.9 Å². The minimum absolute atomic E-state index is 0.0153. The summed E-state index contributed by atoms with van der Waals surface area (Å²) in [6.07, 6.45) is -0.624. The van der Waals surface area contributed by atoms with Gasteiger partial charge in [-0.15, -0.1) is 0 Å². The molecule has 0 bridgehead atoms. The van der Waals surface area contributed by atoms with Crippen molar-refractivity contribution >= 4 is 60.9 Å². The van der Waals surface area contributed by atoms with Gasteiger partial charge in [0.1, 0.15) is 33.6 Å². The molecule has 1 amide bonds. The van der Waals surface area contributed by atoms with Crippen LogP contribution in [0.25, 0.3) is 16.6 Å². The van der Waals surface area contributed by atoms with Gasteiger partial charge in [-0.25, -0.2) is 22.4 Å². The number of rotatable bonds is 8. The van der Waals surface area contributed by atoms with E-state index in [4.69, 9.17) is 9.47 Å². The molecule has 1 saturated heterocycles. The highest BCUT2D eigenvalue weighted by molar-refractivity contribution is 14.1. The number of nitrogens with zero attached hydrogens (tertiary/aromatic N) is 4. The molecule has 0 spiro atoms. The fourth-order valence-corrected chi connectivity index (χ4v) is 8.24. The first-order chi connectivity index (χ1) is 24.9. The van der Waals surface area contributed by atoms with Crippen LogP contribution >= 0.6 is 22.6 Å². The lowest BCUT2D eigenvalue weighted by molar-refractivity contribution is 0.0139. The molecule has 5 aromatic rings. The molecule has 0 saturated carbocycles. The first-order valence-electron chi connectivity index (χ1n) is 16.5. The van der Waals surface area contributed by atoms with Gasteiger partial charge in [-0.05, 0) is 104 Å². The number of pyridine rings is 1. The fraction of sp³-hybridized carbons (Fsp3) is 0.297. The molecule has 0 unspecified atom stereocenters. The molecule has 0 radical (unpaired) electrons. The van der Waals surface area contributed by atoms with E-state index in [1.807, 2.05) is 22.6 Å². The van der Waals surface area contributed by atoms with E-state index in [1.54, 1.807) is 51.1 Å². The number of nitrogens with one attached hydrogen (secondary N) is 1. The molecule has 53 heavy (non-hydrogen) atoms. The van der Waals surface area contributed by atoms with Gasteiger partial charge < -0.3 is 19.7 Å². The lowest BCUT2D eigenvalue weighted by atomic mass is 10.1. The zero-order chi connectivity index (χ0) is 38.6. The van der Waals surface area contributed by atoms with Gasteiger partial charge in [-0.3, -0.25) is 23.3 Å². The van der Waals surface area contributed by atoms with Crippen LogP contribution in [0, 0.1) is 16.3 Å². The topological polar surface area (TPSA) is 151 Å². The molecular weight excluding hydrogens is 820 g/mol. The predicted octanol–water partition coefficient (Wildman–Crippen LogP) is 5.10. The average Bonchev–Trinajstić information content (AvgIpc) is 3.07. The summed E-state index contributed by atoms with van der Waals surface area (Å²) in [5.74, 6) is -0.144. The molecule has 16 heteroatoms. The summed E-state index contributed by atoms with van der Waals surface area (Å²) < 4.78 is 57.5. The second-order valence-corrected chi connectivity index (χ2v) is 17.2. The Bertz CT molecular complexity index is 2570. The molecule has 1 aliphatic rings. The van der Waals surface area contributed by atoms with E-state index in [9.17, 15) is 27.6 Å². The van der Waals surface area contributed by atoms with Gasteiger partial charge in [0.25, 0.3) is 11.1 Å². The molecule has 6 rings (SSSR count). The van der Waals surface area contributed by atoms with E-state index in [2.05, 4.69) is 5.32 Å². The van der Waals surface area contributed by atoms with E-state index in [0.717, 1.165) is 9.13 Å². The predicted molar refractivity (Wildman–Crippen MR) is 207 cm³/mol. The number of carbonyl (C=O) groups is 1. The molecule has 0 aliphatic carbocycles. The van der Waals surface area contributed by atoms with Crippen LogP contribution < -0.4 is 26.9 Å². The number of aryl methyl sites for hydroxylation is 1. The Balaban J connectivity index is 1.55. The summed E-state index contributed by atoms with van der Waals surface area (Å²) in [7, 11) is -1.09. The molecule has 2 aromatic heterocycles. The van der Waals surface area contributed by atoms with E-state index in [1.165, 1.54) is 66.9 Å². The number of anilines is 2. The summed E-state index contributed by atoms with van der Waals surface area (Å²) in [6, 6.07) is 16.8. The van der Waals surface area contributed by atoms with Crippen molar-refractivity contribution in [2.24, 2.45) is 7.05 Å². The molecule has 3 aromatic carbocycles. The van der Waals surface area contributed by atoms with E-state index in [-0.39, 0.29) is 58.2 Å². The van der Waals surface area contributed by atoms with Crippen LogP contribution in [0.15, 0.2) is 86.0 Å². The SMILES string of the molecule is COc1ccc(Cn2c(=O)c3c(Nc4ccc(I)cc4F)n(C)c(=O)c(C)c3n(-c3cccc(S(=O)(=O)C4CN(C(=O)OC(C)(C)C)C4)c3)c2=O)cc1. The van der Waals surface area contributed by atoms with Gasteiger partial charge in [-0.1, -0.05) is 18.2 Å². The molecule has 0 atom stereocenters. The lowest BCUT2D eigenvalue weighted by Gasteiger charge is -2.39. The number of hydrogen-bond acceptors (Lipinski definition) is 9. The van der Waals surface area contributed by atoms with Gasteiger partial charge in [0.2, 0.25) is 0 Å². The van der Waals surface area contributed by atoms with Gasteiger partial charge in [0.05, 0.1) is 35.4 Å². The highest BCUT2D eigenvalue weighted by Crippen LogP contribution is 2.30. The number of benzene rings is 3. The highest BCUT2D eigenvalue weighted by atomic mass is 127. The molecular formula is C37H37FIN5O8S. The van der Waals surface area contributed by atoms with E-state index >= 15 is 4.39 Å². The Morgan fingerprint density at radius 1 is 1.00 bits per heavy atom. The summed E-state index contributed by atoms with van der Waals surface area (Å²) in [5.41, 5.74) is -2.34. The van der Waals surface area contributed by atoms with Gasteiger partial charge in [0.15, 0.2) is 9.84 Å². The first-order valence-corrected chi connectivity index (χ1v) is 19.1. The maximum Gasteiger partial charge on any atom is 0.410 e. The zero-order valence-corrected chi connectivity index (χ0v) is 32.7. The molecule has 13 nitrogen and oxygen atoms in total. The third-order valence-electron chi connectivity index (χ3n) is 8.92.